The van der Waals surface area contributed by atoms with Gasteiger partial charge in [-0.05, 0) is 0 Å². The molecule has 1 amide bonds. The van der Waals surface area contributed by atoms with Gasteiger partial charge in [0, 0.05) is 14.1 Å². The van der Waals surface area contributed by atoms with Crippen LogP contribution in [0.2, 0.25) is 0 Å². The van der Waals surface area contributed by atoms with Crippen LogP contribution in [0.3, 0.4) is 0 Å². The topological polar surface area (TPSA) is 63.7 Å². The lowest BCUT2D eigenvalue weighted by Gasteiger charge is -2.09. The van der Waals surface area contributed by atoms with E-state index in [-0.39, 0.29) is 0 Å². The van der Waals surface area contributed by atoms with Crippen molar-refractivity contribution >= 4 is 16.5 Å². The standard InChI is InChI=1S/C3H2F6O3S.C3H7NO/c4-2(5,6)1-12-13(10,11)3(7,8)9;1-4(2)3-5/h1H2;3H,1-2H3. The van der Waals surface area contributed by atoms with Crippen molar-refractivity contribution in [1.82, 2.24) is 4.90 Å². The lowest BCUT2D eigenvalue weighted by atomic mass is 10.7. The molecular weight excluding hydrogens is 296 g/mol. The van der Waals surface area contributed by atoms with Crippen LogP contribution >= 0.6 is 0 Å². The molecule has 110 valence electrons. The monoisotopic (exact) mass is 305 g/mol. The first kappa shape index (κ1) is 19.3. The van der Waals surface area contributed by atoms with Gasteiger partial charge in [0.2, 0.25) is 6.41 Å². The first-order valence-electron chi connectivity index (χ1n) is 3.87. The SMILES string of the molecule is CN(C)C=O.O=S(=O)(OCC(F)(F)F)C(F)(F)F. The van der Waals surface area contributed by atoms with Gasteiger partial charge in [-0.3, -0.25) is 8.98 Å². The summed E-state index contributed by atoms with van der Waals surface area (Å²) in [6.45, 7) is -2.49. The average molecular weight is 305 g/mol. The summed E-state index contributed by atoms with van der Waals surface area (Å²) < 4.78 is 90.0. The van der Waals surface area contributed by atoms with Crippen molar-refractivity contribution in [2.24, 2.45) is 0 Å². The molecule has 12 heteroatoms. The molecular formula is C6H9F6NO4S. The molecule has 0 spiro atoms. The zero-order valence-corrected chi connectivity index (χ0v) is 9.86. The minimum absolute atomic E-state index is 0.750. The zero-order chi connectivity index (χ0) is 15.2. The molecule has 0 bridgehead atoms. The van der Waals surface area contributed by atoms with Crippen molar-refractivity contribution in [3.05, 3.63) is 0 Å². The third kappa shape index (κ3) is 10.1. The van der Waals surface area contributed by atoms with Gasteiger partial charge in [-0.15, -0.1) is 0 Å². The summed E-state index contributed by atoms with van der Waals surface area (Å²) in [5.74, 6) is 0. The molecule has 0 aliphatic rings. The number of alkyl halides is 6. The maximum absolute atomic E-state index is 11.3. The highest BCUT2D eigenvalue weighted by atomic mass is 32.2. The van der Waals surface area contributed by atoms with Crippen molar-refractivity contribution in [2.75, 3.05) is 20.7 Å². The Bertz CT molecular complexity index is 346. The largest absolute Gasteiger partial charge is 0.523 e. The highest BCUT2D eigenvalue weighted by molar-refractivity contribution is 7.87. The van der Waals surface area contributed by atoms with Crippen LogP contribution in [0.15, 0.2) is 0 Å². The molecule has 0 aliphatic carbocycles. The number of amides is 1. The Morgan fingerprint density at radius 3 is 1.61 bits per heavy atom. The minimum Gasteiger partial charge on any atom is -0.351 e. The van der Waals surface area contributed by atoms with Crippen molar-refractivity contribution in [2.45, 2.75) is 11.7 Å². The second kappa shape index (κ2) is 6.78. The van der Waals surface area contributed by atoms with E-state index in [9.17, 15) is 39.6 Å². The van der Waals surface area contributed by atoms with E-state index in [0.29, 0.717) is 0 Å². The highest BCUT2D eigenvalue weighted by Gasteiger charge is 2.49. The van der Waals surface area contributed by atoms with Gasteiger partial charge in [-0.25, -0.2) is 0 Å². The Balaban J connectivity index is 0. The fourth-order valence-corrected chi connectivity index (χ4v) is 0.634. The molecule has 5 nitrogen and oxygen atoms in total. The summed E-state index contributed by atoms with van der Waals surface area (Å²) in [5.41, 5.74) is -5.84. The van der Waals surface area contributed by atoms with E-state index in [2.05, 4.69) is 4.18 Å². The molecule has 0 saturated carbocycles. The van der Waals surface area contributed by atoms with E-state index in [1.807, 2.05) is 0 Å². The van der Waals surface area contributed by atoms with E-state index in [4.69, 9.17) is 0 Å². The van der Waals surface area contributed by atoms with Crippen LogP contribution in [0.4, 0.5) is 26.3 Å². The van der Waals surface area contributed by atoms with Crippen LogP contribution in [0.25, 0.3) is 0 Å². The number of hydrogen-bond acceptors (Lipinski definition) is 4. The summed E-state index contributed by atoms with van der Waals surface area (Å²) in [5, 5.41) is 0. The van der Waals surface area contributed by atoms with Crippen molar-refractivity contribution in [3.8, 4) is 0 Å². The maximum Gasteiger partial charge on any atom is 0.523 e. The van der Waals surface area contributed by atoms with E-state index in [1.54, 1.807) is 14.1 Å². The van der Waals surface area contributed by atoms with E-state index >= 15 is 0 Å². The quantitative estimate of drug-likeness (QED) is 0.339. The number of halogens is 6. The van der Waals surface area contributed by atoms with E-state index in [1.165, 1.54) is 4.90 Å². The number of carbonyl (C=O) groups is 1. The summed E-state index contributed by atoms with van der Waals surface area (Å²) in [4.78, 5) is 10.9. The molecule has 0 unspecified atom stereocenters. The van der Waals surface area contributed by atoms with Crippen LogP contribution < -0.4 is 0 Å². The van der Waals surface area contributed by atoms with Crippen LogP contribution in [0.1, 0.15) is 0 Å². The molecule has 0 aliphatic heterocycles. The third-order valence-electron chi connectivity index (χ3n) is 0.872. The molecule has 0 heterocycles. The van der Waals surface area contributed by atoms with Gasteiger partial charge >= 0.3 is 21.8 Å². The number of hydrogen-bond donors (Lipinski definition) is 0. The van der Waals surface area contributed by atoms with Gasteiger partial charge in [0.1, 0.15) is 0 Å². The first-order valence-corrected chi connectivity index (χ1v) is 5.28. The molecule has 0 saturated heterocycles. The van der Waals surface area contributed by atoms with Crippen LogP contribution in [-0.4, -0.2) is 52.1 Å². The maximum atomic E-state index is 11.3. The van der Waals surface area contributed by atoms with Gasteiger partial charge in [-0.2, -0.15) is 34.8 Å². The minimum atomic E-state index is -6.15. The van der Waals surface area contributed by atoms with Gasteiger partial charge in [0.25, 0.3) is 0 Å². The fourth-order valence-electron chi connectivity index (χ4n) is 0.211. The number of rotatable bonds is 3. The zero-order valence-electron chi connectivity index (χ0n) is 9.04. The van der Waals surface area contributed by atoms with Gasteiger partial charge in [0.15, 0.2) is 6.61 Å². The Hall–Kier alpha value is -1.04. The number of nitrogens with zero attached hydrogens (tertiary/aromatic N) is 1. The Morgan fingerprint density at radius 1 is 1.11 bits per heavy atom. The van der Waals surface area contributed by atoms with Crippen LogP contribution in [0.5, 0.6) is 0 Å². The summed E-state index contributed by atoms with van der Waals surface area (Å²) in [7, 11) is -2.78. The van der Waals surface area contributed by atoms with E-state index < -0.39 is 28.4 Å². The second-order valence-corrected chi connectivity index (χ2v) is 4.45. The van der Waals surface area contributed by atoms with Crippen LogP contribution in [-0.2, 0) is 19.1 Å². The lowest BCUT2D eigenvalue weighted by Crippen LogP contribution is -2.29. The van der Waals surface area contributed by atoms with E-state index in [0.717, 1.165) is 6.41 Å². The molecule has 0 N–H and O–H groups in total. The molecule has 0 atom stereocenters. The summed E-state index contributed by atoms with van der Waals surface area (Å²) in [6, 6.07) is 0. The normalized spacial score (nSPS) is 12.4. The summed E-state index contributed by atoms with van der Waals surface area (Å²) in [6.07, 6.45) is -4.38. The Labute approximate surface area is 98.4 Å². The average Bonchev–Trinajstić information content (AvgIpc) is 2.13. The Kier molecular flexibility index (Phi) is 7.27. The van der Waals surface area contributed by atoms with Gasteiger partial charge in [0.05, 0.1) is 0 Å². The van der Waals surface area contributed by atoms with Gasteiger partial charge in [-0.1, -0.05) is 0 Å². The number of carbonyl (C=O) groups excluding carboxylic acids is 1. The first-order chi connectivity index (χ1) is 7.73. The molecule has 0 rings (SSSR count). The molecule has 0 aromatic heterocycles. The predicted octanol–water partition coefficient (Wildman–Crippen LogP) is 1.12. The molecule has 18 heavy (non-hydrogen) atoms. The molecule has 0 fully saturated rings. The van der Waals surface area contributed by atoms with Gasteiger partial charge < -0.3 is 4.90 Å². The molecule has 0 radical (unpaired) electrons. The fraction of sp³-hybridized carbons (Fsp3) is 0.833. The second-order valence-electron chi connectivity index (χ2n) is 2.85. The Morgan fingerprint density at radius 2 is 1.44 bits per heavy atom. The molecule has 0 aromatic rings. The van der Waals surface area contributed by atoms with Crippen LogP contribution in [0, 0.1) is 0 Å². The van der Waals surface area contributed by atoms with Crippen molar-refractivity contribution in [1.29, 1.82) is 0 Å². The highest BCUT2D eigenvalue weighted by Crippen LogP contribution is 2.26. The lowest BCUT2D eigenvalue weighted by molar-refractivity contribution is -0.156. The van der Waals surface area contributed by atoms with Crippen molar-refractivity contribution < 1.29 is 43.7 Å². The molecule has 0 aromatic carbocycles. The third-order valence-corrected chi connectivity index (χ3v) is 1.87. The predicted molar refractivity (Wildman–Crippen MR) is 46.7 cm³/mol. The van der Waals surface area contributed by atoms with Crippen molar-refractivity contribution in [3.63, 3.8) is 0 Å². The summed E-state index contributed by atoms with van der Waals surface area (Å²) >= 11 is 0. The smallest absolute Gasteiger partial charge is 0.351 e.